The summed E-state index contributed by atoms with van der Waals surface area (Å²) in [5, 5.41) is 4.29. The molecule has 3 rings (SSSR count). The van der Waals surface area contributed by atoms with Crippen LogP contribution in [0.2, 0.25) is 5.02 Å². The molecule has 0 heterocycles. The van der Waals surface area contributed by atoms with Gasteiger partial charge in [0.25, 0.3) is 5.91 Å². The van der Waals surface area contributed by atoms with Crippen molar-refractivity contribution in [2.24, 2.45) is 5.10 Å². The molecule has 0 fully saturated rings. The number of nitrogens with zero attached hydrogens (tertiary/aromatic N) is 1. The number of amides is 1. The smallest absolute Gasteiger partial charge is 0.343 e. The Kier molecular flexibility index (Phi) is 6.80. The molecular formula is C22H16BrClN2O3. The van der Waals surface area contributed by atoms with Crippen molar-refractivity contribution in [1.82, 2.24) is 5.43 Å². The molecule has 0 bridgehead atoms. The van der Waals surface area contributed by atoms with E-state index in [1.165, 1.54) is 6.21 Å². The summed E-state index contributed by atoms with van der Waals surface area (Å²) in [6.07, 6.45) is 1.40. The lowest BCUT2D eigenvalue weighted by Crippen LogP contribution is -2.18. The number of aryl methyl sites for hydroxylation is 1. The number of hydrogen-bond acceptors (Lipinski definition) is 4. The highest BCUT2D eigenvalue weighted by atomic mass is 79.9. The van der Waals surface area contributed by atoms with Crippen molar-refractivity contribution in [3.05, 3.63) is 98.5 Å². The molecule has 0 aromatic heterocycles. The van der Waals surface area contributed by atoms with Gasteiger partial charge in [-0.1, -0.05) is 57.4 Å². The maximum absolute atomic E-state index is 12.4. The average Bonchev–Trinajstić information content (AvgIpc) is 2.70. The zero-order valence-corrected chi connectivity index (χ0v) is 17.7. The molecular weight excluding hydrogens is 456 g/mol. The fourth-order valence-corrected chi connectivity index (χ4v) is 3.11. The molecule has 3 aromatic carbocycles. The highest BCUT2D eigenvalue weighted by molar-refractivity contribution is 9.10. The van der Waals surface area contributed by atoms with Gasteiger partial charge in [-0.25, -0.2) is 10.2 Å². The van der Waals surface area contributed by atoms with Gasteiger partial charge in [0.2, 0.25) is 0 Å². The van der Waals surface area contributed by atoms with Crippen molar-refractivity contribution in [3.8, 4) is 5.75 Å². The van der Waals surface area contributed by atoms with Crippen LogP contribution in [-0.2, 0) is 0 Å². The number of rotatable bonds is 5. The summed E-state index contributed by atoms with van der Waals surface area (Å²) >= 11 is 9.39. The van der Waals surface area contributed by atoms with Gasteiger partial charge in [0, 0.05) is 10.0 Å². The summed E-state index contributed by atoms with van der Waals surface area (Å²) in [6, 6.07) is 18.9. The zero-order chi connectivity index (χ0) is 20.8. The van der Waals surface area contributed by atoms with Crippen LogP contribution in [0.3, 0.4) is 0 Å². The predicted molar refractivity (Wildman–Crippen MR) is 117 cm³/mol. The number of hydrazone groups is 1. The first kappa shape index (κ1) is 20.8. The number of benzene rings is 3. The fraction of sp³-hybridized carbons (Fsp3) is 0.0455. The molecule has 3 aromatic rings. The van der Waals surface area contributed by atoms with Crippen molar-refractivity contribution in [2.75, 3.05) is 0 Å². The van der Waals surface area contributed by atoms with Gasteiger partial charge in [0.15, 0.2) is 0 Å². The van der Waals surface area contributed by atoms with Crippen LogP contribution in [0.4, 0.5) is 0 Å². The van der Waals surface area contributed by atoms with E-state index in [1.54, 1.807) is 60.7 Å². The molecule has 0 radical (unpaired) electrons. The largest absolute Gasteiger partial charge is 0.422 e. The number of hydrogen-bond donors (Lipinski definition) is 1. The first-order valence-electron chi connectivity index (χ1n) is 8.60. The quantitative estimate of drug-likeness (QED) is 0.235. The van der Waals surface area contributed by atoms with Gasteiger partial charge < -0.3 is 4.74 Å². The first-order valence-corrected chi connectivity index (χ1v) is 9.77. The minimum Gasteiger partial charge on any atom is -0.422 e. The van der Waals surface area contributed by atoms with E-state index in [1.807, 2.05) is 13.0 Å². The number of carbonyl (C=O) groups is 2. The van der Waals surface area contributed by atoms with Crippen LogP contribution in [0.25, 0.3) is 0 Å². The van der Waals surface area contributed by atoms with Crippen LogP contribution in [0.15, 0.2) is 76.3 Å². The molecule has 146 valence electrons. The fourth-order valence-electron chi connectivity index (χ4n) is 2.51. The number of nitrogens with one attached hydrogen (secondary N) is 1. The van der Waals surface area contributed by atoms with Gasteiger partial charge in [0.1, 0.15) is 5.75 Å². The topological polar surface area (TPSA) is 67.8 Å². The van der Waals surface area contributed by atoms with E-state index in [2.05, 4.69) is 26.5 Å². The average molecular weight is 472 g/mol. The van der Waals surface area contributed by atoms with Crippen molar-refractivity contribution >= 4 is 45.6 Å². The van der Waals surface area contributed by atoms with Gasteiger partial charge in [-0.2, -0.15) is 5.10 Å². The van der Waals surface area contributed by atoms with Gasteiger partial charge in [0.05, 0.1) is 22.4 Å². The van der Waals surface area contributed by atoms with Crippen molar-refractivity contribution in [2.45, 2.75) is 6.92 Å². The second-order valence-electron chi connectivity index (χ2n) is 6.12. The third-order valence-corrected chi connectivity index (χ3v) is 4.74. The molecule has 0 aliphatic heterocycles. The Morgan fingerprint density at radius 1 is 1.07 bits per heavy atom. The summed E-state index contributed by atoms with van der Waals surface area (Å²) in [5.41, 5.74) is 4.65. The van der Waals surface area contributed by atoms with Crippen molar-refractivity contribution in [3.63, 3.8) is 0 Å². The lowest BCUT2D eigenvalue weighted by Gasteiger charge is -2.08. The summed E-state index contributed by atoms with van der Waals surface area (Å²) in [4.78, 5) is 24.6. The molecule has 0 spiro atoms. The van der Waals surface area contributed by atoms with Crippen LogP contribution < -0.4 is 10.2 Å². The summed E-state index contributed by atoms with van der Waals surface area (Å²) < 4.78 is 6.29. The van der Waals surface area contributed by atoms with Gasteiger partial charge in [-0.3, -0.25) is 4.79 Å². The molecule has 0 aliphatic carbocycles. The van der Waals surface area contributed by atoms with Gasteiger partial charge in [-0.15, -0.1) is 0 Å². The molecule has 0 saturated heterocycles. The van der Waals surface area contributed by atoms with E-state index in [9.17, 15) is 9.59 Å². The normalized spacial score (nSPS) is 10.7. The van der Waals surface area contributed by atoms with Crippen LogP contribution in [-0.4, -0.2) is 18.1 Å². The predicted octanol–water partition coefficient (Wildman–Crippen LogP) is 5.39. The van der Waals surface area contributed by atoms with E-state index in [0.717, 1.165) is 10.0 Å². The Labute approximate surface area is 181 Å². The molecule has 0 atom stereocenters. The third-order valence-electron chi connectivity index (χ3n) is 3.92. The first-order chi connectivity index (χ1) is 13.9. The van der Waals surface area contributed by atoms with E-state index in [0.29, 0.717) is 27.5 Å². The SMILES string of the molecule is Cc1cccc(C(=O)Oc2ccc(Br)cc2/C=N/NC(=O)c2ccccc2Cl)c1. The Hall–Kier alpha value is -2.96. The summed E-state index contributed by atoms with van der Waals surface area (Å²) in [5.74, 6) is -0.610. The maximum Gasteiger partial charge on any atom is 0.343 e. The highest BCUT2D eigenvalue weighted by Gasteiger charge is 2.12. The number of carbonyl (C=O) groups excluding carboxylic acids is 2. The lowest BCUT2D eigenvalue weighted by molar-refractivity contribution is 0.0734. The Morgan fingerprint density at radius 2 is 1.86 bits per heavy atom. The molecule has 5 nitrogen and oxygen atoms in total. The number of esters is 1. The van der Waals surface area contributed by atoms with Crippen molar-refractivity contribution < 1.29 is 14.3 Å². The minimum atomic E-state index is -0.481. The van der Waals surface area contributed by atoms with E-state index < -0.39 is 11.9 Å². The van der Waals surface area contributed by atoms with E-state index in [-0.39, 0.29) is 0 Å². The minimum absolute atomic E-state index is 0.312. The monoisotopic (exact) mass is 470 g/mol. The van der Waals surface area contributed by atoms with Crippen LogP contribution in [0.1, 0.15) is 31.8 Å². The zero-order valence-electron chi connectivity index (χ0n) is 15.4. The molecule has 0 unspecified atom stereocenters. The highest BCUT2D eigenvalue weighted by Crippen LogP contribution is 2.23. The maximum atomic E-state index is 12.4. The van der Waals surface area contributed by atoms with E-state index >= 15 is 0 Å². The Balaban J connectivity index is 1.76. The third kappa shape index (κ3) is 5.53. The van der Waals surface area contributed by atoms with Crippen LogP contribution >= 0.6 is 27.5 Å². The second kappa shape index (κ2) is 9.49. The van der Waals surface area contributed by atoms with Gasteiger partial charge >= 0.3 is 5.97 Å². The number of ether oxygens (including phenoxy) is 1. The standard InChI is InChI=1S/C22H16BrClN2O3/c1-14-5-4-6-15(11-14)22(28)29-20-10-9-17(23)12-16(20)13-25-26-21(27)18-7-2-3-8-19(18)24/h2-13H,1H3,(H,26,27)/b25-13+. The van der Waals surface area contributed by atoms with Crippen LogP contribution in [0, 0.1) is 6.92 Å². The molecule has 7 heteroatoms. The number of halogens is 2. The summed E-state index contributed by atoms with van der Waals surface area (Å²) in [6.45, 7) is 1.90. The van der Waals surface area contributed by atoms with E-state index in [4.69, 9.17) is 16.3 Å². The molecule has 1 N–H and O–H groups in total. The molecule has 0 aliphatic rings. The summed E-state index contributed by atoms with van der Waals surface area (Å²) in [7, 11) is 0. The van der Waals surface area contributed by atoms with Crippen LogP contribution in [0.5, 0.6) is 5.75 Å². The Bertz CT molecular complexity index is 1100. The molecule has 0 saturated carbocycles. The van der Waals surface area contributed by atoms with Gasteiger partial charge in [-0.05, 0) is 49.4 Å². The Morgan fingerprint density at radius 3 is 2.62 bits per heavy atom. The van der Waals surface area contributed by atoms with Crippen molar-refractivity contribution in [1.29, 1.82) is 0 Å². The second-order valence-corrected chi connectivity index (χ2v) is 7.44. The molecule has 1 amide bonds. The molecule has 29 heavy (non-hydrogen) atoms. The lowest BCUT2D eigenvalue weighted by atomic mass is 10.1.